The van der Waals surface area contributed by atoms with Crippen LogP contribution in [0.4, 0.5) is 0 Å². The maximum Gasteiger partial charge on any atom is 0.237 e. The second-order valence-electron chi connectivity index (χ2n) is 6.79. The molecule has 3 rings (SSSR count). The monoisotopic (exact) mass is 342 g/mol. The molecule has 25 heavy (non-hydrogen) atoms. The Morgan fingerprint density at radius 2 is 2.24 bits per heavy atom. The van der Waals surface area contributed by atoms with Gasteiger partial charge in [0.15, 0.2) is 0 Å². The Kier molecular flexibility index (Phi) is 5.38. The van der Waals surface area contributed by atoms with Gasteiger partial charge in [-0.2, -0.15) is 5.10 Å². The molecule has 1 aliphatic rings. The molecule has 0 spiro atoms. The highest BCUT2D eigenvalue weighted by Gasteiger charge is 2.28. The van der Waals surface area contributed by atoms with Crippen molar-refractivity contribution in [3.05, 3.63) is 36.7 Å². The summed E-state index contributed by atoms with van der Waals surface area (Å²) in [6, 6.07) is 7.88. The van der Waals surface area contributed by atoms with Crippen molar-refractivity contribution in [1.29, 1.82) is 0 Å². The van der Waals surface area contributed by atoms with Gasteiger partial charge in [-0.15, -0.1) is 0 Å². The maximum absolute atomic E-state index is 12.3. The first-order chi connectivity index (χ1) is 12.0. The van der Waals surface area contributed by atoms with Gasteiger partial charge in [0.05, 0.1) is 18.3 Å². The number of hydrogen-bond donors (Lipinski definition) is 1. The van der Waals surface area contributed by atoms with Crippen LogP contribution in [0.1, 0.15) is 19.8 Å². The largest absolute Gasteiger partial charge is 0.491 e. The van der Waals surface area contributed by atoms with Crippen molar-refractivity contribution < 1.29 is 9.53 Å². The number of rotatable bonds is 6. The van der Waals surface area contributed by atoms with Crippen LogP contribution in [-0.4, -0.2) is 52.9 Å². The van der Waals surface area contributed by atoms with E-state index < -0.39 is 0 Å². The molecule has 0 aliphatic carbocycles. The van der Waals surface area contributed by atoms with Crippen LogP contribution in [0, 0.1) is 0 Å². The van der Waals surface area contributed by atoms with Crippen molar-refractivity contribution in [2.75, 3.05) is 20.2 Å². The van der Waals surface area contributed by atoms with Crippen LogP contribution in [0.5, 0.6) is 5.75 Å². The van der Waals surface area contributed by atoms with Crippen LogP contribution in [-0.2, 0) is 11.8 Å². The molecule has 2 atom stereocenters. The highest BCUT2D eigenvalue weighted by Crippen LogP contribution is 2.23. The fraction of sp³-hybridized carbons (Fsp3) is 0.474. The third-order valence-corrected chi connectivity index (χ3v) is 4.58. The lowest BCUT2D eigenvalue weighted by atomic mass is 10.1. The van der Waals surface area contributed by atoms with Crippen LogP contribution < -0.4 is 10.1 Å². The summed E-state index contributed by atoms with van der Waals surface area (Å²) in [5.74, 6) is 0.889. The molecule has 1 amide bonds. The van der Waals surface area contributed by atoms with Gasteiger partial charge in [-0.25, -0.2) is 0 Å². The van der Waals surface area contributed by atoms with E-state index in [0.29, 0.717) is 6.61 Å². The smallest absolute Gasteiger partial charge is 0.237 e. The Labute approximate surface area is 148 Å². The SMILES string of the molecule is C[C@H](COc1cccc(-c2cnn(C)c2)c1)NC(=O)C1CCCN1C. The summed E-state index contributed by atoms with van der Waals surface area (Å²) in [6.07, 6.45) is 5.82. The van der Waals surface area contributed by atoms with Gasteiger partial charge in [0.25, 0.3) is 0 Å². The number of carbonyl (C=O) groups is 1. The summed E-state index contributed by atoms with van der Waals surface area (Å²) < 4.78 is 7.65. The van der Waals surface area contributed by atoms with Gasteiger partial charge in [-0.1, -0.05) is 12.1 Å². The van der Waals surface area contributed by atoms with Crippen molar-refractivity contribution in [3.8, 4) is 16.9 Å². The molecular formula is C19H26N4O2. The van der Waals surface area contributed by atoms with Gasteiger partial charge in [-0.3, -0.25) is 14.4 Å². The lowest BCUT2D eigenvalue weighted by Crippen LogP contribution is -2.46. The Bertz CT molecular complexity index is 728. The number of hydrogen-bond acceptors (Lipinski definition) is 4. The second-order valence-corrected chi connectivity index (χ2v) is 6.79. The molecule has 1 aliphatic heterocycles. The van der Waals surface area contributed by atoms with E-state index >= 15 is 0 Å². The number of nitrogens with one attached hydrogen (secondary N) is 1. The Balaban J connectivity index is 1.53. The molecule has 0 saturated carbocycles. The first-order valence-electron chi connectivity index (χ1n) is 8.75. The zero-order valence-electron chi connectivity index (χ0n) is 15.1. The standard InChI is InChI=1S/C19H26N4O2/c1-14(21-19(24)18-8-5-9-22(18)2)13-25-17-7-4-6-15(10-17)16-11-20-23(3)12-16/h4,6-7,10-12,14,18H,5,8-9,13H2,1-3H3,(H,21,24)/t14-,18?/m1/s1. The quantitative estimate of drug-likeness (QED) is 0.873. The molecule has 1 aromatic heterocycles. The molecule has 0 bridgehead atoms. The average Bonchev–Trinajstić information content (AvgIpc) is 3.21. The summed E-state index contributed by atoms with van der Waals surface area (Å²) in [4.78, 5) is 14.4. The minimum absolute atomic E-state index is 0.00337. The van der Waals surface area contributed by atoms with Gasteiger partial charge >= 0.3 is 0 Å². The lowest BCUT2D eigenvalue weighted by Gasteiger charge is -2.22. The van der Waals surface area contributed by atoms with E-state index in [-0.39, 0.29) is 18.0 Å². The number of ether oxygens (including phenoxy) is 1. The molecule has 1 unspecified atom stereocenters. The number of aryl methyl sites for hydroxylation is 1. The van der Waals surface area contributed by atoms with E-state index in [0.717, 1.165) is 36.3 Å². The van der Waals surface area contributed by atoms with E-state index in [2.05, 4.69) is 15.3 Å². The van der Waals surface area contributed by atoms with E-state index in [9.17, 15) is 4.79 Å². The van der Waals surface area contributed by atoms with Crippen LogP contribution >= 0.6 is 0 Å². The normalized spacial score (nSPS) is 18.9. The van der Waals surface area contributed by atoms with Gasteiger partial charge in [0.2, 0.25) is 5.91 Å². The Hall–Kier alpha value is -2.34. The Morgan fingerprint density at radius 1 is 1.40 bits per heavy atom. The molecule has 6 nitrogen and oxygen atoms in total. The van der Waals surface area contributed by atoms with Crippen LogP contribution in [0.3, 0.4) is 0 Å². The molecular weight excluding hydrogens is 316 g/mol. The number of amides is 1. The van der Waals surface area contributed by atoms with E-state index in [1.807, 2.05) is 57.7 Å². The molecule has 1 saturated heterocycles. The summed E-state index contributed by atoms with van der Waals surface area (Å²) in [6.45, 7) is 3.40. The van der Waals surface area contributed by atoms with E-state index in [4.69, 9.17) is 4.74 Å². The fourth-order valence-corrected chi connectivity index (χ4v) is 3.18. The number of likely N-dealkylation sites (tertiary alicyclic amines) is 1. The van der Waals surface area contributed by atoms with Gasteiger partial charge in [0.1, 0.15) is 12.4 Å². The zero-order valence-corrected chi connectivity index (χ0v) is 15.1. The second kappa shape index (κ2) is 7.70. The molecule has 134 valence electrons. The first kappa shape index (κ1) is 17.5. The molecule has 2 heterocycles. The van der Waals surface area contributed by atoms with Crippen LogP contribution in [0.25, 0.3) is 11.1 Å². The summed E-state index contributed by atoms with van der Waals surface area (Å²) in [7, 11) is 3.90. The number of carbonyl (C=O) groups excluding carboxylic acids is 1. The summed E-state index contributed by atoms with van der Waals surface area (Å²) in [5.41, 5.74) is 2.12. The van der Waals surface area contributed by atoms with Crippen molar-refractivity contribution in [3.63, 3.8) is 0 Å². The third kappa shape index (κ3) is 4.39. The van der Waals surface area contributed by atoms with Crippen molar-refractivity contribution >= 4 is 5.91 Å². The third-order valence-electron chi connectivity index (χ3n) is 4.58. The molecule has 1 aromatic carbocycles. The molecule has 1 N–H and O–H groups in total. The number of benzene rings is 1. The van der Waals surface area contributed by atoms with Gasteiger partial charge in [0, 0.05) is 18.8 Å². The van der Waals surface area contributed by atoms with Crippen LogP contribution in [0.15, 0.2) is 36.7 Å². The topological polar surface area (TPSA) is 59.4 Å². The van der Waals surface area contributed by atoms with Crippen molar-refractivity contribution in [2.24, 2.45) is 7.05 Å². The number of aromatic nitrogens is 2. The predicted molar refractivity (Wildman–Crippen MR) is 97.4 cm³/mol. The number of nitrogens with zero attached hydrogens (tertiary/aromatic N) is 3. The fourth-order valence-electron chi connectivity index (χ4n) is 3.18. The number of likely N-dealkylation sites (N-methyl/N-ethyl adjacent to an activating group) is 1. The van der Waals surface area contributed by atoms with Gasteiger partial charge < -0.3 is 10.1 Å². The summed E-state index contributed by atoms with van der Waals surface area (Å²) >= 11 is 0. The first-order valence-corrected chi connectivity index (χ1v) is 8.75. The molecule has 2 aromatic rings. The minimum atomic E-state index is -0.0384. The lowest BCUT2D eigenvalue weighted by molar-refractivity contribution is -0.125. The van der Waals surface area contributed by atoms with E-state index in [1.165, 1.54) is 0 Å². The van der Waals surface area contributed by atoms with Crippen LogP contribution in [0.2, 0.25) is 0 Å². The minimum Gasteiger partial charge on any atom is -0.491 e. The van der Waals surface area contributed by atoms with Crippen molar-refractivity contribution in [2.45, 2.75) is 31.8 Å². The van der Waals surface area contributed by atoms with E-state index in [1.54, 1.807) is 4.68 Å². The highest BCUT2D eigenvalue weighted by molar-refractivity contribution is 5.82. The zero-order chi connectivity index (χ0) is 17.8. The molecule has 6 heteroatoms. The molecule has 1 fully saturated rings. The summed E-state index contributed by atoms with van der Waals surface area (Å²) in [5, 5.41) is 7.25. The maximum atomic E-state index is 12.3. The van der Waals surface area contributed by atoms with Gasteiger partial charge in [-0.05, 0) is 51.1 Å². The highest BCUT2D eigenvalue weighted by atomic mass is 16.5. The van der Waals surface area contributed by atoms with Crippen molar-refractivity contribution in [1.82, 2.24) is 20.0 Å². The molecule has 0 radical (unpaired) electrons. The Morgan fingerprint density at radius 3 is 2.92 bits per heavy atom. The predicted octanol–water partition coefficient (Wildman–Crippen LogP) is 2.06. The average molecular weight is 342 g/mol.